The van der Waals surface area contributed by atoms with E-state index in [1.54, 1.807) is 6.07 Å². The van der Waals surface area contributed by atoms with Gasteiger partial charge < -0.3 is 20.3 Å². The SMILES string of the molecule is CCCC(O)CNC(=O)C(=O)Nc1ccc2c(ccn2CC(C)C)c1. The van der Waals surface area contributed by atoms with Crippen molar-refractivity contribution >= 4 is 28.4 Å². The van der Waals surface area contributed by atoms with Gasteiger partial charge in [-0.25, -0.2) is 0 Å². The summed E-state index contributed by atoms with van der Waals surface area (Å²) in [6.45, 7) is 7.28. The van der Waals surface area contributed by atoms with E-state index in [1.807, 2.05) is 31.3 Å². The van der Waals surface area contributed by atoms with E-state index in [2.05, 4.69) is 29.0 Å². The molecule has 25 heavy (non-hydrogen) atoms. The maximum atomic E-state index is 12.0. The van der Waals surface area contributed by atoms with Crippen LogP contribution < -0.4 is 10.6 Å². The summed E-state index contributed by atoms with van der Waals surface area (Å²) in [6, 6.07) is 7.57. The highest BCUT2D eigenvalue weighted by Gasteiger charge is 2.15. The van der Waals surface area contributed by atoms with E-state index in [-0.39, 0.29) is 6.54 Å². The second-order valence-corrected chi connectivity index (χ2v) is 6.74. The molecular weight excluding hydrogens is 318 g/mol. The van der Waals surface area contributed by atoms with Crippen LogP contribution in [0.5, 0.6) is 0 Å². The van der Waals surface area contributed by atoms with Gasteiger partial charge in [-0.05, 0) is 36.6 Å². The summed E-state index contributed by atoms with van der Waals surface area (Å²) in [6.07, 6.45) is 2.81. The lowest BCUT2D eigenvalue weighted by atomic mass is 10.2. The molecule has 1 heterocycles. The van der Waals surface area contributed by atoms with E-state index >= 15 is 0 Å². The standard InChI is InChI=1S/C19H27N3O3/c1-4-5-16(23)11-20-18(24)19(25)21-15-6-7-17-14(10-15)8-9-22(17)12-13(2)3/h6-10,13,16,23H,4-5,11-12H2,1-3H3,(H,20,24)(H,21,25). The predicted molar refractivity (Wildman–Crippen MR) is 99.3 cm³/mol. The van der Waals surface area contributed by atoms with Gasteiger partial charge in [0.05, 0.1) is 6.10 Å². The Labute approximate surface area is 148 Å². The largest absolute Gasteiger partial charge is 0.391 e. The van der Waals surface area contributed by atoms with Gasteiger partial charge in [-0.2, -0.15) is 0 Å². The number of carbonyl (C=O) groups is 2. The highest BCUT2D eigenvalue weighted by atomic mass is 16.3. The number of nitrogens with one attached hydrogen (secondary N) is 2. The fraction of sp³-hybridized carbons (Fsp3) is 0.474. The zero-order valence-electron chi connectivity index (χ0n) is 15.1. The molecule has 1 unspecified atom stereocenters. The van der Waals surface area contributed by atoms with Crippen molar-refractivity contribution in [1.29, 1.82) is 0 Å². The Balaban J connectivity index is 1.97. The molecule has 1 aromatic carbocycles. The highest BCUT2D eigenvalue weighted by molar-refractivity contribution is 6.39. The summed E-state index contributed by atoms with van der Waals surface area (Å²) >= 11 is 0. The average molecular weight is 345 g/mol. The maximum absolute atomic E-state index is 12.0. The summed E-state index contributed by atoms with van der Waals surface area (Å²) in [5.41, 5.74) is 1.67. The molecule has 0 fully saturated rings. The number of rotatable bonds is 7. The topological polar surface area (TPSA) is 83.4 Å². The Kier molecular flexibility index (Phi) is 6.58. The third-order valence-corrected chi connectivity index (χ3v) is 3.92. The van der Waals surface area contributed by atoms with Crippen LogP contribution in [0.4, 0.5) is 5.69 Å². The number of fused-ring (bicyclic) bond motifs is 1. The minimum absolute atomic E-state index is 0.0805. The molecule has 0 radical (unpaired) electrons. The maximum Gasteiger partial charge on any atom is 0.313 e. The quantitative estimate of drug-likeness (QED) is 0.674. The first-order chi connectivity index (χ1) is 11.9. The number of aromatic nitrogens is 1. The molecule has 0 saturated carbocycles. The molecule has 0 saturated heterocycles. The number of aliphatic hydroxyl groups is 1. The minimum atomic E-state index is -0.743. The summed E-state index contributed by atoms with van der Waals surface area (Å²) in [7, 11) is 0. The Morgan fingerprint density at radius 3 is 2.64 bits per heavy atom. The van der Waals surface area contributed by atoms with Crippen molar-refractivity contribution in [1.82, 2.24) is 9.88 Å². The van der Waals surface area contributed by atoms with Crippen LogP contribution in [-0.2, 0) is 16.1 Å². The Morgan fingerprint density at radius 2 is 1.96 bits per heavy atom. The van der Waals surface area contributed by atoms with Gasteiger partial charge in [0.25, 0.3) is 0 Å². The fourth-order valence-corrected chi connectivity index (χ4v) is 2.74. The van der Waals surface area contributed by atoms with Crippen LogP contribution >= 0.6 is 0 Å². The zero-order valence-corrected chi connectivity index (χ0v) is 15.1. The first kappa shape index (κ1) is 19.0. The first-order valence-electron chi connectivity index (χ1n) is 8.76. The number of benzene rings is 1. The molecule has 1 atom stereocenters. The summed E-state index contributed by atoms with van der Waals surface area (Å²) < 4.78 is 2.17. The number of anilines is 1. The van der Waals surface area contributed by atoms with Crippen LogP contribution in [0.15, 0.2) is 30.5 Å². The second kappa shape index (κ2) is 8.67. The monoisotopic (exact) mass is 345 g/mol. The average Bonchev–Trinajstić information content (AvgIpc) is 2.94. The number of carbonyl (C=O) groups excluding carboxylic acids is 2. The molecular formula is C19H27N3O3. The Morgan fingerprint density at radius 1 is 1.20 bits per heavy atom. The van der Waals surface area contributed by atoms with Gasteiger partial charge in [0.1, 0.15) is 0 Å². The molecule has 6 heteroatoms. The van der Waals surface area contributed by atoms with Gasteiger partial charge in [-0.15, -0.1) is 0 Å². The van der Waals surface area contributed by atoms with Crippen molar-refractivity contribution < 1.29 is 14.7 Å². The molecule has 2 amide bonds. The molecule has 3 N–H and O–H groups in total. The van der Waals surface area contributed by atoms with Gasteiger partial charge in [0, 0.05) is 35.9 Å². The molecule has 2 aromatic rings. The van der Waals surface area contributed by atoms with Crippen LogP contribution in [0, 0.1) is 5.92 Å². The van der Waals surface area contributed by atoms with E-state index in [0.717, 1.165) is 23.9 Å². The number of aliphatic hydroxyl groups excluding tert-OH is 1. The van der Waals surface area contributed by atoms with Gasteiger partial charge in [0.2, 0.25) is 0 Å². The van der Waals surface area contributed by atoms with Crippen LogP contribution in [-0.4, -0.2) is 34.1 Å². The van der Waals surface area contributed by atoms with Crippen LogP contribution in [0.3, 0.4) is 0 Å². The summed E-state index contributed by atoms with van der Waals surface area (Å²) in [5, 5.41) is 15.7. The molecule has 136 valence electrons. The van der Waals surface area contributed by atoms with Crippen molar-refractivity contribution in [3.05, 3.63) is 30.5 Å². The van der Waals surface area contributed by atoms with Crippen molar-refractivity contribution in [2.75, 3.05) is 11.9 Å². The van der Waals surface area contributed by atoms with Crippen LogP contribution in [0.25, 0.3) is 10.9 Å². The molecule has 6 nitrogen and oxygen atoms in total. The van der Waals surface area contributed by atoms with Gasteiger partial charge in [-0.1, -0.05) is 27.2 Å². The molecule has 0 aliphatic carbocycles. The van der Waals surface area contributed by atoms with Crippen LogP contribution in [0.2, 0.25) is 0 Å². The normalized spacial score (nSPS) is 12.4. The first-order valence-corrected chi connectivity index (χ1v) is 8.76. The van der Waals surface area contributed by atoms with Crippen molar-refractivity contribution in [3.63, 3.8) is 0 Å². The minimum Gasteiger partial charge on any atom is -0.391 e. The number of hydrogen-bond acceptors (Lipinski definition) is 3. The van der Waals surface area contributed by atoms with Crippen LogP contribution in [0.1, 0.15) is 33.6 Å². The van der Waals surface area contributed by atoms with Crippen molar-refractivity contribution in [2.45, 2.75) is 46.3 Å². The molecule has 0 aliphatic rings. The van der Waals surface area contributed by atoms with E-state index in [1.165, 1.54) is 0 Å². The molecule has 0 bridgehead atoms. The molecule has 2 rings (SSSR count). The lowest BCUT2D eigenvalue weighted by Gasteiger charge is -2.11. The third kappa shape index (κ3) is 5.32. The fourth-order valence-electron chi connectivity index (χ4n) is 2.74. The summed E-state index contributed by atoms with van der Waals surface area (Å²) in [5.74, 6) is -0.931. The summed E-state index contributed by atoms with van der Waals surface area (Å²) in [4.78, 5) is 23.8. The molecule has 1 aromatic heterocycles. The zero-order chi connectivity index (χ0) is 18.4. The van der Waals surface area contributed by atoms with Gasteiger partial charge >= 0.3 is 11.8 Å². The highest BCUT2D eigenvalue weighted by Crippen LogP contribution is 2.21. The van der Waals surface area contributed by atoms with E-state index in [9.17, 15) is 14.7 Å². The molecule has 0 aliphatic heterocycles. The van der Waals surface area contributed by atoms with Gasteiger partial charge in [0.15, 0.2) is 0 Å². The van der Waals surface area contributed by atoms with E-state index in [4.69, 9.17) is 0 Å². The number of hydrogen-bond donors (Lipinski definition) is 3. The third-order valence-electron chi connectivity index (χ3n) is 3.92. The Bertz CT molecular complexity index is 737. The lowest BCUT2D eigenvalue weighted by Crippen LogP contribution is -2.39. The van der Waals surface area contributed by atoms with Crippen molar-refractivity contribution in [2.24, 2.45) is 5.92 Å². The second-order valence-electron chi connectivity index (χ2n) is 6.74. The van der Waals surface area contributed by atoms with E-state index < -0.39 is 17.9 Å². The van der Waals surface area contributed by atoms with Gasteiger partial charge in [-0.3, -0.25) is 9.59 Å². The predicted octanol–water partition coefficient (Wildman–Crippen LogP) is 2.51. The van der Waals surface area contributed by atoms with Crippen molar-refractivity contribution in [3.8, 4) is 0 Å². The number of amides is 2. The number of nitrogens with zero attached hydrogens (tertiary/aromatic N) is 1. The Hall–Kier alpha value is -2.34. The lowest BCUT2D eigenvalue weighted by molar-refractivity contribution is -0.136. The molecule has 0 spiro atoms. The smallest absolute Gasteiger partial charge is 0.313 e. The van der Waals surface area contributed by atoms with E-state index in [0.29, 0.717) is 18.0 Å².